The third-order valence-corrected chi connectivity index (χ3v) is 9.94. The normalized spacial score (nSPS) is 37.0. The van der Waals surface area contributed by atoms with E-state index in [2.05, 4.69) is 13.5 Å². The average molecular weight is 663 g/mol. The van der Waals surface area contributed by atoms with Crippen LogP contribution in [0.1, 0.15) is 67.2 Å². The number of carbonyl (C=O) groups excluding carboxylic acids is 5. The van der Waals surface area contributed by atoms with Crippen molar-refractivity contribution in [3.63, 3.8) is 0 Å². The van der Waals surface area contributed by atoms with E-state index in [1.807, 2.05) is 13.0 Å². The van der Waals surface area contributed by atoms with Crippen molar-refractivity contribution in [2.24, 2.45) is 22.7 Å². The van der Waals surface area contributed by atoms with Gasteiger partial charge in [-0.2, -0.15) is 0 Å². The lowest BCUT2D eigenvalue weighted by molar-refractivity contribution is -0.318. The summed E-state index contributed by atoms with van der Waals surface area (Å²) in [6.45, 7) is 12.9. The summed E-state index contributed by atoms with van der Waals surface area (Å²) < 4.78 is 39.3. The van der Waals surface area contributed by atoms with Gasteiger partial charge in [0.1, 0.15) is 19.3 Å². The van der Waals surface area contributed by atoms with E-state index in [9.17, 15) is 29.1 Å². The second-order valence-electron chi connectivity index (χ2n) is 13.3. The zero-order valence-corrected chi connectivity index (χ0v) is 27.9. The Hall–Kier alpha value is -3.55. The van der Waals surface area contributed by atoms with Crippen molar-refractivity contribution in [2.75, 3.05) is 19.8 Å². The minimum atomic E-state index is -1.37. The minimum absolute atomic E-state index is 0.0530. The van der Waals surface area contributed by atoms with E-state index in [1.54, 1.807) is 12.2 Å². The Bertz CT molecular complexity index is 1320. The number of fused-ring (bicyclic) bond motifs is 1. The molecule has 2 heterocycles. The summed E-state index contributed by atoms with van der Waals surface area (Å²) in [7, 11) is 0. The van der Waals surface area contributed by atoms with Crippen molar-refractivity contribution >= 4 is 29.8 Å². The van der Waals surface area contributed by atoms with Crippen LogP contribution in [0.2, 0.25) is 0 Å². The number of allylic oxidation sites excluding steroid dienone is 2. The number of esters is 5. The number of carbonyl (C=O) groups is 5. The number of cyclic esters (lactones) is 1. The van der Waals surface area contributed by atoms with Crippen LogP contribution in [-0.4, -0.2) is 91.6 Å². The first-order valence-electron chi connectivity index (χ1n) is 15.9. The maximum absolute atomic E-state index is 12.3. The zero-order chi connectivity index (χ0) is 34.7. The van der Waals surface area contributed by atoms with Gasteiger partial charge in [0, 0.05) is 39.0 Å². The van der Waals surface area contributed by atoms with Crippen molar-refractivity contribution in [3.05, 3.63) is 36.0 Å². The summed E-state index contributed by atoms with van der Waals surface area (Å²) in [5.41, 5.74) is 0.346. The molecular formula is C34H46O13. The Morgan fingerprint density at radius 1 is 0.979 bits per heavy atom. The fraction of sp³-hybridized carbons (Fsp3) is 0.676. The lowest BCUT2D eigenvalue weighted by atomic mass is 9.46. The number of hydrogen-bond donors (Lipinski definition) is 1. The SMILES string of the molecule is C=C1CC[C@@H]2[C@](C)(CO[C@@H]3O[C@H](COC(C)=O)[C@@H](OC(C)=O)[C@H](OC(C)=O)[C@H]3OC(C)=O)[C@H](O)CC[C@@]2(C)[C@@H]1/C=C/C1=CCOC1=O. The highest BCUT2D eigenvalue weighted by molar-refractivity contribution is 5.93. The number of rotatable bonds is 10. The number of hydrogen-bond acceptors (Lipinski definition) is 13. The first kappa shape index (κ1) is 36.3. The van der Waals surface area contributed by atoms with E-state index in [0.29, 0.717) is 24.8 Å². The topological polar surface area (TPSA) is 170 Å². The molecule has 4 rings (SSSR count). The molecule has 0 bridgehead atoms. The van der Waals surface area contributed by atoms with Crippen LogP contribution in [0.3, 0.4) is 0 Å². The van der Waals surface area contributed by atoms with Gasteiger partial charge >= 0.3 is 29.8 Å². The molecule has 3 fully saturated rings. The largest absolute Gasteiger partial charge is 0.463 e. The first-order valence-corrected chi connectivity index (χ1v) is 15.9. The van der Waals surface area contributed by atoms with Crippen LogP contribution in [0.4, 0.5) is 0 Å². The number of aliphatic hydroxyl groups is 1. The van der Waals surface area contributed by atoms with E-state index in [-0.39, 0.29) is 43.0 Å². The van der Waals surface area contributed by atoms with Gasteiger partial charge in [0.05, 0.1) is 18.3 Å². The van der Waals surface area contributed by atoms with Crippen LogP contribution in [0, 0.1) is 22.7 Å². The zero-order valence-electron chi connectivity index (χ0n) is 27.9. The summed E-state index contributed by atoms with van der Waals surface area (Å²) in [5, 5.41) is 11.5. The van der Waals surface area contributed by atoms with E-state index in [4.69, 9.17) is 33.2 Å². The van der Waals surface area contributed by atoms with Crippen LogP contribution in [-0.2, 0) is 57.1 Å². The molecule has 1 saturated heterocycles. The Labute approximate surface area is 274 Å². The second-order valence-corrected chi connectivity index (χ2v) is 13.3. The van der Waals surface area contributed by atoms with Gasteiger partial charge in [-0.15, -0.1) is 0 Å². The van der Waals surface area contributed by atoms with Gasteiger partial charge in [-0.05, 0) is 43.1 Å². The summed E-state index contributed by atoms with van der Waals surface area (Å²) in [4.78, 5) is 60.3. The lowest BCUT2D eigenvalue weighted by Crippen LogP contribution is -2.64. The molecule has 13 nitrogen and oxygen atoms in total. The predicted molar refractivity (Wildman–Crippen MR) is 163 cm³/mol. The fourth-order valence-electron chi connectivity index (χ4n) is 7.77. The van der Waals surface area contributed by atoms with Crippen molar-refractivity contribution in [1.82, 2.24) is 0 Å². The highest BCUT2D eigenvalue weighted by Crippen LogP contribution is 2.61. The molecule has 0 aromatic rings. The van der Waals surface area contributed by atoms with Crippen LogP contribution < -0.4 is 0 Å². The van der Waals surface area contributed by atoms with Crippen molar-refractivity contribution < 1.29 is 62.2 Å². The molecule has 0 aromatic carbocycles. The monoisotopic (exact) mass is 662 g/mol. The van der Waals surface area contributed by atoms with Crippen LogP contribution in [0.25, 0.3) is 0 Å². The maximum Gasteiger partial charge on any atom is 0.338 e. The molecule has 2 saturated carbocycles. The standard InChI is InChI=1S/C34H46O13/c1-18-8-11-26-33(6,24(18)10-9-23-13-15-41-31(23)40)14-12-27(39)34(26,7)17-43-32-30(46-22(5)38)29(45-21(4)37)28(44-20(3)36)25(47-32)16-42-19(2)35/h9-10,13,24-30,32,39H,1,8,11-12,14-17H2,2-7H3/b10-9+/t24-,25-,26+,27-,28-,29+,30-,32-,33+,34+/m1/s1. The van der Waals surface area contributed by atoms with E-state index in [1.165, 1.54) is 6.92 Å². The van der Waals surface area contributed by atoms with Gasteiger partial charge < -0.3 is 38.3 Å². The third kappa shape index (κ3) is 7.95. The smallest absolute Gasteiger partial charge is 0.338 e. The van der Waals surface area contributed by atoms with Crippen molar-refractivity contribution in [3.8, 4) is 0 Å². The number of ether oxygens (including phenoxy) is 7. The van der Waals surface area contributed by atoms with Crippen LogP contribution >= 0.6 is 0 Å². The van der Waals surface area contributed by atoms with Gasteiger partial charge in [0.25, 0.3) is 0 Å². The molecule has 4 aliphatic rings. The van der Waals surface area contributed by atoms with Gasteiger partial charge in [-0.3, -0.25) is 19.2 Å². The van der Waals surface area contributed by atoms with Crippen LogP contribution in [0.15, 0.2) is 36.0 Å². The van der Waals surface area contributed by atoms with E-state index < -0.39 is 66.1 Å². The highest BCUT2D eigenvalue weighted by atomic mass is 16.7. The lowest BCUT2D eigenvalue weighted by Gasteiger charge is -2.60. The fourth-order valence-corrected chi connectivity index (χ4v) is 7.77. The Balaban J connectivity index is 1.65. The Kier molecular flexibility index (Phi) is 11.3. The van der Waals surface area contributed by atoms with Crippen LogP contribution in [0.5, 0.6) is 0 Å². The minimum Gasteiger partial charge on any atom is -0.463 e. The molecule has 1 N–H and O–H groups in total. The summed E-state index contributed by atoms with van der Waals surface area (Å²) >= 11 is 0. The molecule has 0 amide bonds. The molecule has 13 heteroatoms. The highest BCUT2D eigenvalue weighted by Gasteiger charge is 2.59. The Morgan fingerprint density at radius 2 is 1.62 bits per heavy atom. The molecule has 47 heavy (non-hydrogen) atoms. The van der Waals surface area contributed by atoms with Gasteiger partial charge in [0.15, 0.2) is 24.6 Å². The third-order valence-electron chi connectivity index (χ3n) is 9.94. The molecule has 10 atom stereocenters. The van der Waals surface area contributed by atoms with E-state index >= 15 is 0 Å². The maximum atomic E-state index is 12.3. The predicted octanol–water partition coefficient (Wildman–Crippen LogP) is 2.88. The quantitative estimate of drug-likeness (QED) is 0.206. The summed E-state index contributed by atoms with van der Waals surface area (Å²) in [5.74, 6) is -3.37. The molecule has 0 radical (unpaired) electrons. The Morgan fingerprint density at radius 3 is 2.21 bits per heavy atom. The molecule has 2 aliphatic heterocycles. The van der Waals surface area contributed by atoms with Gasteiger partial charge in [0.2, 0.25) is 0 Å². The average Bonchev–Trinajstić information content (AvgIpc) is 3.39. The van der Waals surface area contributed by atoms with Gasteiger partial charge in [-0.25, -0.2) is 4.79 Å². The molecule has 2 aliphatic carbocycles. The van der Waals surface area contributed by atoms with Crippen molar-refractivity contribution in [1.29, 1.82) is 0 Å². The first-order chi connectivity index (χ1) is 22.1. The summed E-state index contributed by atoms with van der Waals surface area (Å²) in [6.07, 6.45) is 0.798. The molecule has 260 valence electrons. The number of aliphatic hydroxyl groups excluding tert-OH is 1. The molecule has 0 aromatic heterocycles. The van der Waals surface area contributed by atoms with Gasteiger partial charge in [-0.1, -0.05) is 38.2 Å². The molecule has 0 spiro atoms. The van der Waals surface area contributed by atoms with E-state index in [0.717, 1.165) is 32.8 Å². The van der Waals surface area contributed by atoms with Crippen molar-refractivity contribution in [2.45, 2.75) is 104 Å². The molecular weight excluding hydrogens is 616 g/mol. The molecule has 0 unspecified atom stereocenters. The second kappa shape index (κ2) is 14.7. The summed E-state index contributed by atoms with van der Waals surface area (Å²) in [6, 6.07) is 0.